The van der Waals surface area contributed by atoms with Crippen LogP contribution in [-0.2, 0) is 25.9 Å². The summed E-state index contributed by atoms with van der Waals surface area (Å²) in [6.07, 6.45) is 1.82. The van der Waals surface area contributed by atoms with Gasteiger partial charge in [0.1, 0.15) is 11.6 Å². The van der Waals surface area contributed by atoms with Crippen LogP contribution in [0.4, 0.5) is 8.78 Å². The van der Waals surface area contributed by atoms with Gasteiger partial charge < -0.3 is 19.8 Å². The molecule has 8 rings (SSSR count). The van der Waals surface area contributed by atoms with Crippen molar-refractivity contribution in [1.29, 1.82) is 0 Å². The lowest BCUT2D eigenvalue weighted by atomic mass is 10.1. The van der Waals surface area contributed by atoms with Crippen molar-refractivity contribution in [2.45, 2.75) is 35.7 Å². The molecule has 0 saturated carbocycles. The van der Waals surface area contributed by atoms with Gasteiger partial charge in [-0.05, 0) is 71.8 Å². The summed E-state index contributed by atoms with van der Waals surface area (Å²) < 4.78 is 32.6. The fraction of sp³-hybridized carbons (Fsp3) is 0.176. The van der Waals surface area contributed by atoms with Crippen LogP contribution < -0.4 is 10.6 Å². The second-order valence-corrected chi connectivity index (χ2v) is 11.8. The molecule has 4 heterocycles. The lowest BCUT2D eigenvalue weighted by molar-refractivity contribution is 0.624. The largest absolute Gasteiger partial charge is 0.312 e. The molecular formula is C34H28F2N4S. The third kappa shape index (κ3) is 4.02. The Morgan fingerprint density at radius 2 is 1.00 bits per heavy atom. The summed E-state index contributed by atoms with van der Waals surface area (Å²) in [7, 11) is 0. The number of fused-ring (bicyclic) bond motifs is 6. The van der Waals surface area contributed by atoms with Gasteiger partial charge in [0.2, 0.25) is 0 Å². The molecule has 7 heteroatoms. The molecule has 0 amide bonds. The zero-order valence-electron chi connectivity index (χ0n) is 22.4. The molecule has 4 aromatic carbocycles. The summed E-state index contributed by atoms with van der Waals surface area (Å²) in [5.74, 6) is -0.468. The van der Waals surface area contributed by atoms with Crippen LogP contribution >= 0.6 is 11.8 Å². The second kappa shape index (κ2) is 9.87. The maximum Gasteiger partial charge on any atom is 0.123 e. The quantitative estimate of drug-likeness (QED) is 0.237. The first-order valence-electron chi connectivity index (χ1n) is 14.1. The van der Waals surface area contributed by atoms with Crippen LogP contribution in [0.2, 0.25) is 0 Å². The van der Waals surface area contributed by atoms with Crippen LogP contribution in [0.1, 0.15) is 22.5 Å². The summed E-state index contributed by atoms with van der Waals surface area (Å²) >= 11 is 1.77. The highest BCUT2D eigenvalue weighted by molar-refractivity contribution is 7.99. The molecule has 0 fully saturated rings. The van der Waals surface area contributed by atoms with E-state index >= 15 is 0 Å². The smallest absolute Gasteiger partial charge is 0.123 e. The molecular weight excluding hydrogens is 534 g/mol. The zero-order valence-corrected chi connectivity index (χ0v) is 23.2. The predicted octanol–water partition coefficient (Wildman–Crippen LogP) is 7.30. The molecule has 0 radical (unpaired) electrons. The maximum absolute atomic E-state index is 13.9. The fourth-order valence-corrected chi connectivity index (χ4v) is 7.76. The monoisotopic (exact) mass is 562 g/mol. The summed E-state index contributed by atoms with van der Waals surface area (Å²) in [6, 6.07) is 26.7. The number of hydrogen-bond donors (Lipinski definition) is 2. The molecule has 2 N–H and O–H groups in total. The summed E-state index contributed by atoms with van der Waals surface area (Å²) in [5.41, 5.74) is 9.45. The standard InChI is InChI=1S/C34H28F2N4S/c35-21-7-11-23(12-8-21)39-29-15-17-37-19-27(29)25-3-1-5-31(33(25)39)41-32-6-2-4-26-28-20-38-18-16-30(28)40(34(26)32)24-13-9-22(36)10-14-24/h1-14,37-38H,15-20H2. The van der Waals surface area contributed by atoms with Crippen LogP contribution in [0.25, 0.3) is 33.2 Å². The van der Waals surface area contributed by atoms with Crippen molar-refractivity contribution in [1.82, 2.24) is 19.8 Å². The molecule has 0 bridgehead atoms. The van der Waals surface area contributed by atoms with Gasteiger partial charge in [0, 0.05) is 82.3 Å². The lowest BCUT2D eigenvalue weighted by Crippen LogP contribution is -2.24. The number of rotatable bonds is 4. The minimum absolute atomic E-state index is 0.234. The van der Waals surface area contributed by atoms with Crippen LogP contribution in [0.3, 0.4) is 0 Å². The maximum atomic E-state index is 13.9. The van der Waals surface area contributed by atoms with E-state index in [1.165, 1.54) is 33.3 Å². The van der Waals surface area contributed by atoms with E-state index < -0.39 is 0 Å². The normalized spacial score (nSPS) is 14.9. The minimum atomic E-state index is -0.234. The summed E-state index contributed by atoms with van der Waals surface area (Å²) in [4.78, 5) is 2.30. The van der Waals surface area contributed by atoms with Gasteiger partial charge in [-0.25, -0.2) is 8.78 Å². The van der Waals surface area contributed by atoms with E-state index in [1.54, 1.807) is 36.0 Å². The van der Waals surface area contributed by atoms with Gasteiger partial charge in [0.25, 0.3) is 0 Å². The van der Waals surface area contributed by atoms with E-state index in [0.29, 0.717) is 0 Å². The number of aromatic nitrogens is 2. The van der Waals surface area contributed by atoms with Crippen molar-refractivity contribution in [2.24, 2.45) is 0 Å². The molecule has 0 atom stereocenters. The van der Waals surface area contributed by atoms with Gasteiger partial charge in [-0.15, -0.1) is 0 Å². The summed E-state index contributed by atoms with van der Waals surface area (Å²) in [6.45, 7) is 3.46. The van der Waals surface area contributed by atoms with Gasteiger partial charge >= 0.3 is 0 Å². The first-order valence-corrected chi connectivity index (χ1v) is 14.9. The van der Waals surface area contributed by atoms with Crippen LogP contribution in [0, 0.1) is 11.6 Å². The Bertz CT molecular complexity index is 1800. The van der Waals surface area contributed by atoms with Gasteiger partial charge in [-0.1, -0.05) is 36.0 Å². The molecule has 0 saturated heterocycles. The Hall–Kier alpha value is -3.91. The van der Waals surface area contributed by atoms with Crippen LogP contribution in [0.5, 0.6) is 0 Å². The first kappa shape index (κ1) is 24.9. The Morgan fingerprint density at radius 1 is 0.561 bits per heavy atom. The molecule has 2 aromatic heterocycles. The van der Waals surface area contributed by atoms with Crippen LogP contribution in [-0.4, -0.2) is 22.2 Å². The van der Waals surface area contributed by atoms with E-state index in [9.17, 15) is 8.78 Å². The second-order valence-electron chi connectivity index (χ2n) is 10.7. The fourth-order valence-electron chi connectivity index (χ4n) is 6.64. The Labute approximate surface area is 241 Å². The Morgan fingerprint density at radius 3 is 1.44 bits per heavy atom. The lowest BCUT2D eigenvalue weighted by Gasteiger charge is -2.18. The van der Waals surface area contributed by atoms with E-state index in [1.807, 2.05) is 24.3 Å². The van der Waals surface area contributed by atoms with E-state index in [-0.39, 0.29) is 11.6 Å². The first-order chi connectivity index (χ1) is 20.2. The van der Waals surface area contributed by atoms with E-state index in [0.717, 1.165) is 71.2 Å². The predicted molar refractivity (Wildman–Crippen MR) is 161 cm³/mol. The van der Waals surface area contributed by atoms with Crippen molar-refractivity contribution < 1.29 is 8.78 Å². The van der Waals surface area contributed by atoms with Gasteiger partial charge in [-0.2, -0.15) is 0 Å². The van der Waals surface area contributed by atoms with Crippen molar-refractivity contribution in [3.05, 3.63) is 119 Å². The van der Waals surface area contributed by atoms with Gasteiger partial charge in [0.15, 0.2) is 0 Å². The van der Waals surface area contributed by atoms with Crippen molar-refractivity contribution >= 4 is 33.6 Å². The van der Waals surface area contributed by atoms with Crippen LogP contribution in [0.15, 0.2) is 94.7 Å². The number of halogens is 2. The van der Waals surface area contributed by atoms with Crippen molar-refractivity contribution in [2.75, 3.05) is 13.1 Å². The highest BCUT2D eigenvalue weighted by Crippen LogP contribution is 2.44. The average Bonchev–Trinajstić information content (AvgIpc) is 3.53. The molecule has 0 spiro atoms. The number of hydrogen-bond acceptors (Lipinski definition) is 3. The number of nitrogens with one attached hydrogen (secondary N) is 2. The molecule has 6 aromatic rings. The van der Waals surface area contributed by atoms with Gasteiger partial charge in [0.05, 0.1) is 11.0 Å². The molecule has 2 aliphatic rings. The van der Waals surface area contributed by atoms with Crippen molar-refractivity contribution in [3.8, 4) is 11.4 Å². The summed E-state index contributed by atoms with van der Waals surface area (Å²) in [5, 5.41) is 9.54. The highest BCUT2D eigenvalue weighted by Gasteiger charge is 2.26. The highest BCUT2D eigenvalue weighted by atomic mass is 32.2. The third-order valence-corrected chi connectivity index (χ3v) is 9.50. The Kier molecular flexibility index (Phi) is 5.98. The molecule has 0 aliphatic carbocycles. The van der Waals surface area contributed by atoms with E-state index in [2.05, 4.69) is 56.2 Å². The molecule has 41 heavy (non-hydrogen) atoms. The number of nitrogens with zero attached hydrogens (tertiary/aromatic N) is 2. The molecule has 204 valence electrons. The minimum Gasteiger partial charge on any atom is -0.312 e. The molecule has 0 unspecified atom stereocenters. The third-order valence-electron chi connectivity index (χ3n) is 8.40. The van der Waals surface area contributed by atoms with Gasteiger partial charge in [-0.3, -0.25) is 0 Å². The number of para-hydroxylation sites is 2. The molecule has 2 aliphatic heterocycles. The SMILES string of the molecule is Fc1ccc(-n2c3c(c4cccc(Sc5cccc6c7c(n(-c8ccc(F)cc8)c56)CCNC7)c42)CNCC3)cc1. The topological polar surface area (TPSA) is 33.9 Å². The zero-order chi connectivity index (χ0) is 27.5. The van der Waals surface area contributed by atoms with Crippen molar-refractivity contribution in [3.63, 3.8) is 0 Å². The van der Waals surface area contributed by atoms with E-state index in [4.69, 9.17) is 0 Å². The Balaban J connectivity index is 1.37. The molecule has 4 nitrogen and oxygen atoms in total. The average molecular weight is 563 g/mol. The number of benzene rings is 4.